The maximum atomic E-state index is 10.7. The maximum Gasteiger partial charge on any atom is 0.427 e. The second kappa shape index (κ2) is 5.77. The van der Waals surface area contributed by atoms with E-state index in [-0.39, 0.29) is 6.61 Å². The Hall–Kier alpha value is -1.88. The highest BCUT2D eigenvalue weighted by atomic mass is 16.5. The number of carbonyl (C=O) groups excluding carboxylic acids is 1. The zero-order valence-electron chi connectivity index (χ0n) is 8.30. The average Bonchev–Trinajstić information content (AvgIpc) is 2.31. The molecule has 5 heteroatoms. The molecule has 1 aromatic carbocycles. The summed E-state index contributed by atoms with van der Waals surface area (Å²) in [6.45, 7) is -0.256. The lowest BCUT2D eigenvalue weighted by Gasteiger charge is -2.03. The predicted molar refractivity (Wildman–Crippen MR) is 55.6 cm³/mol. The quantitative estimate of drug-likeness (QED) is 0.568. The maximum absolute atomic E-state index is 10.7. The van der Waals surface area contributed by atoms with Crippen LogP contribution in [0.15, 0.2) is 35.4 Å². The van der Waals surface area contributed by atoms with E-state index in [0.29, 0.717) is 5.71 Å². The summed E-state index contributed by atoms with van der Waals surface area (Å²) in [5, 5.41) is 12.8. The Balaban J connectivity index is 2.76. The van der Waals surface area contributed by atoms with Crippen LogP contribution >= 0.6 is 0 Å². The molecule has 0 spiro atoms. The van der Waals surface area contributed by atoms with Gasteiger partial charge >= 0.3 is 6.09 Å². The van der Waals surface area contributed by atoms with Gasteiger partial charge in [-0.2, -0.15) is 5.10 Å². The zero-order valence-corrected chi connectivity index (χ0v) is 8.30. The fourth-order valence-corrected chi connectivity index (χ4v) is 0.980. The van der Waals surface area contributed by atoms with E-state index in [1.807, 2.05) is 18.2 Å². The number of carbonyl (C=O) groups is 1. The van der Waals surface area contributed by atoms with Crippen molar-refractivity contribution in [3.05, 3.63) is 35.9 Å². The number of hydrazone groups is 1. The number of rotatable bonds is 3. The number of benzene rings is 1. The molecule has 2 N–H and O–H groups in total. The van der Waals surface area contributed by atoms with Gasteiger partial charge in [-0.3, -0.25) is 0 Å². The van der Waals surface area contributed by atoms with Gasteiger partial charge in [-0.25, -0.2) is 10.2 Å². The molecular weight excluding hydrogens is 196 g/mol. The first-order valence-electron chi connectivity index (χ1n) is 4.34. The molecule has 80 valence electrons. The lowest BCUT2D eigenvalue weighted by Crippen LogP contribution is -2.21. The van der Waals surface area contributed by atoms with Crippen LogP contribution in [0.25, 0.3) is 0 Å². The van der Waals surface area contributed by atoms with Crippen LogP contribution in [0.1, 0.15) is 5.56 Å². The van der Waals surface area contributed by atoms with Crippen molar-refractivity contribution < 1.29 is 14.6 Å². The summed E-state index contributed by atoms with van der Waals surface area (Å²) in [5.41, 5.74) is 3.27. The lowest BCUT2D eigenvalue weighted by molar-refractivity contribution is 0.171. The molecule has 0 saturated heterocycles. The minimum Gasteiger partial charge on any atom is -0.452 e. The smallest absolute Gasteiger partial charge is 0.427 e. The van der Waals surface area contributed by atoms with Gasteiger partial charge in [0.05, 0.1) is 19.4 Å². The SMILES string of the molecule is COC(=O)NN=C(CO)c1ccccc1. The van der Waals surface area contributed by atoms with Gasteiger partial charge < -0.3 is 9.84 Å². The monoisotopic (exact) mass is 208 g/mol. The van der Waals surface area contributed by atoms with Crippen LogP contribution < -0.4 is 5.43 Å². The van der Waals surface area contributed by atoms with Crippen LogP contribution in [0, 0.1) is 0 Å². The molecule has 0 heterocycles. The molecule has 0 fully saturated rings. The lowest BCUT2D eigenvalue weighted by atomic mass is 10.1. The van der Waals surface area contributed by atoms with Crippen LogP contribution in [0.3, 0.4) is 0 Å². The topological polar surface area (TPSA) is 70.9 Å². The minimum atomic E-state index is -0.670. The van der Waals surface area contributed by atoms with E-state index in [2.05, 4.69) is 15.3 Å². The fraction of sp³-hybridized carbons (Fsp3) is 0.200. The molecule has 15 heavy (non-hydrogen) atoms. The number of amides is 1. The number of nitrogens with one attached hydrogen (secondary N) is 1. The third-order valence-corrected chi connectivity index (χ3v) is 1.72. The van der Waals surface area contributed by atoms with E-state index in [9.17, 15) is 4.79 Å². The summed E-state index contributed by atoms with van der Waals surface area (Å²) in [7, 11) is 1.24. The number of hydrogen-bond acceptors (Lipinski definition) is 4. The van der Waals surface area contributed by atoms with Gasteiger partial charge in [-0.15, -0.1) is 0 Å². The molecule has 0 aliphatic rings. The number of nitrogens with zero attached hydrogens (tertiary/aromatic N) is 1. The van der Waals surface area contributed by atoms with E-state index >= 15 is 0 Å². The second-order valence-corrected chi connectivity index (χ2v) is 2.69. The molecule has 1 aromatic rings. The second-order valence-electron chi connectivity index (χ2n) is 2.69. The Bertz CT molecular complexity index is 349. The van der Waals surface area contributed by atoms with Gasteiger partial charge in [0.1, 0.15) is 0 Å². The molecule has 0 aromatic heterocycles. The van der Waals surface area contributed by atoms with Gasteiger partial charge in [-0.1, -0.05) is 30.3 Å². The Morgan fingerprint density at radius 3 is 2.67 bits per heavy atom. The Labute approximate surface area is 87.4 Å². The number of ether oxygens (including phenoxy) is 1. The van der Waals surface area contributed by atoms with E-state index in [4.69, 9.17) is 5.11 Å². The highest BCUT2D eigenvalue weighted by Crippen LogP contribution is 2.00. The van der Waals surface area contributed by atoms with Crippen LogP contribution in [0.4, 0.5) is 4.79 Å². The van der Waals surface area contributed by atoms with Crippen molar-refractivity contribution in [1.29, 1.82) is 0 Å². The molecule has 1 rings (SSSR count). The Kier molecular flexibility index (Phi) is 4.30. The summed E-state index contributed by atoms with van der Waals surface area (Å²) in [6, 6.07) is 9.06. The molecule has 0 bridgehead atoms. The third kappa shape index (κ3) is 3.40. The predicted octanol–water partition coefficient (Wildman–Crippen LogP) is 0.739. The molecule has 5 nitrogen and oxygen atoms in total. The van der Waals surface area contributed by atoms with Crippen molar-refractivity contribution in [2.24, 2.45) is 5.10 Å². The van der Waals surface area contributed by atoms with Gasteiger partial charge in [0.25, 0.3) is 0 Å². The van der Waals surface area contributed by atoms with E-state index in [0.717, 1.165) is 5.56 Å². The summed E-state index contributed by atoms with van der Waals surface area (Å²) < 4.78 is 4.34. The van der Waals surface area contributed by atoms with Crippen molar-refractivity contribution in [1.82, 2.24) is 5.43 Å². The molecule has 0 aliphatic carbocycles. The van der Waals surface area contributed by atoms with Crippen LogP contribution in [-0.2, 0) is 4.74 Å². The number of aliphatic hydroxyl groups excluding tert-OH is 1. The Morgan fingerprint density at radius 2 is 2.13 bits per heavy atom. The van der Waals surface area contributed by atoms with Gasteiger partial charge in [0.15, 0.2) is 0 Å². The summed E-state index contributed by atoms with van der Waals surface area (Å²) >= 11 is 0. The number of aliphatic hydroxyl groups is 1. The summed E-state index contributed by atoms with van der Waals surface area (Å²) in [4.78, 5) is 10.7. The first kappa shape index (κ1) is 11.2. The molecule has 0 atom stereocenters. The van der Waals surface area contributed by atoms with E-state index < -0.39 is 6.09 Å². The van der Waals surface area contributed by atoms with Crippen molar-refractivity contribution >= 4 is 11.8 Å². The normalized spacial score (nSPS) is 10.9. The van der Waals surface area contributed by atoms with E-state index in [1.54, 1.807) is 12.1 Å². The van der Waals surface area contributed by atoms with Crippen molar-refractivity contribution in [2.75, 3.05) is 13.7 Å². The number of methoxy groups -OCH3 is 1. The van der Waals surface area contributed by atoms with Gasteiger partial charge in [0, 0.05) is 5.56 Å². The van der Waals surface area contributed by atoms with Gasteiger partial charge in [0.2, 0.25) is 0 Å². The zero-order chi connectivity index (χ0) is 11.1. The standard InChI is InChI=1S/C10H12N2O3/c1-15-10(14)12-11-9(7-13)8-5-3-2-4-6-8/h2-6,13H,7H2,1H3,(H,12,14). The Morgan fingerprint density at radius 1 is 1.47 bits per heavy atom. The minimum absolute atomic E-state index is 0.256. The van der Waals surface area contributed by atoms with Crippen molar-refractivity contribution in [3.8, 4) is 0 Å². The van der Waals surface area contributed by atoms with Crippen molar-refractivity contribution in [3.63, 3.8) is 0 Å². The first-order chi connectivity index (χ1) is 7.27. The molecule has 0 saturated carbocycles. The highest BCUT2D eigenvalue weighted by molar-refractivity contribution is 6.01. The molecule has 0 unspecified atom stereocenters. The van der Waals surface area contributed by atoms with Gasteiger partial charge in [-0.05, 0) is 0 Å². The third-order valence-electron chi connectivity index (χ3n) is 1.72. The largest absolute Gasteiger partial charge is 0.452 e. The molecule has 1 amide bonds. The highest BCUT2D eigenvalue weighted by Gasteiger charge is 2.02. The van der Waals surface area contributed by atoms with Crippen LogP contribution in [0.5, 0.6) is 0 Å². The van der Waals surface area contributed by atoms with Crippen molar-refractivity contribution in [2.45, 2.75) is 0 Å². The van der Waals surface area contributed by atoms with Crippen LogP contribution in [-0.4, -0.2) is 30.6 Å². The summed E-state index contributed by atoms with van der Waals surface area (Å²) in [5.74, 6) is 0. The molecular formula is C10H12N2O3. The fourth-order valence-electron chi connectivity index (χ4n) is 0.980. The molecule has 0 aliphatic heterocycles. The van der Waals surface area contributed by atoms with E-state index in [1.165, 1.54) is 7.11 Å². The number of hydrogen-bond donors (Lipinski definition) is 2. The first-order valence-corrected chi connectivity index (χ1v) is 4.34. The average molecular weight is 208 g/mol. The summed E-state index contributed by atoms with van der Waals surface area (Å²) in [6.07, 6.45) is -0.670. The molecule has 0 radical (unpaired) electrons. The van der Waals surface area contributed by atoms with Crippen LogP contribution in [0.2, 0.25) is 0 Å².